The van der Waals surface area contributed by atoms with Gasteiger partial charge in [-0.3, -0.25) is 0 Å². The molecular weight excluding hydrogens is 196 g/mol. The lowest BCUT2D eigenvalue weighted by Gasteiger charge is -2.08. The Morgan fingerprint density at radius 1 is 1.67 bits per heavy atom. The van der Waals surface area contributed by atoms with Gasteiger partial charge < -0.3 is 14.8 Å². The van der Waals surface area contributed by atoms with Gasteiger partial charge in [-0.15, -0.1) is 0 Å². The Balaban J connectivity index is 1.95. The number of hydrogen-bond acceptors (Lipinski definition) is 3. The number of aryl methyl sites for hydroxylation is 1. The Morgan fingerprint density at radius 3 is 3.07 bits per heavy atom. The molecule has 0 spiro atoms. The normalized spacial score (nSPS) is 25.4. The predicted molar refractivity (Wildman–Crippen MR) is 52.8 cm³/mol. The van der Waals surface area contributed by atoms with Crippen LogP contribution < -0.4 is 5.32 Å². The highest BCUT2D eigenvalue weighted by Crippen LogP contribution is 2.33. The molecule has 5 heteroatoms. The largest absolute Gasteiger partial charge is 0.465 e. The molecule has 2 rings (SSSR count). The summed E-state index contributed by atoms with van der Waals surface area (Å²) in [6, 6.07) is 0.0414. The molecule has 1 saturated carbocycles. The molecule has 1 aliphatic rings. The Labute approximate surface area is 87.5 Å². The van der Waals surface area contributed by atoms with Crippen molar-refractivity contribution in [3.63, 3.8) is 0 Å². The smallest absolute Gasteiger partial charge is 0.404 e. The number of rotatable bonds is 2. The molecule has 15 heavy (non-hydrogen) atoms. The first-order valence-corrected chi connectivity index (χ1v) is 5.07. The van der Waals surface area contributed by atoms with Crippen molar-refractivity contribution in [2.24, 2.45) is 0 Å². The molecule has 2 atom stereocenters. The van der Waals surface area contributed by atoms with Crippen LogP contribution in [0.4, 0.5) is 4.79 Å². The summed E-state index contributed by atoms with van der Waals surface area (Å²) in [6.45, 7) is 1.86. The number of nitrogens with one attached hydrogen (secondary N) is 1. The molecule has 0 aromatic carbocycles. The first-order chi connectivity index (χ1) is 7.15. The van der Waals surface area contributed by atoms with Crippen LogP contribution in [0.5, 0.6) is 0 Å². The zero-order valence-electron chi connectivity index (χ0n) is 8.56. The Bertz CT molecular complexity index is 361. The van der Waals surface area contributed by atoms with Crippen molar-refractivity contribution < 1.29 is 14.3 Å². The summed E-state index contributed by atoms with van der Waals surface area (Å²) < 4.78 is 5.43. The molecule has 1 aliphatic carbocycles. The van der Waals surface area contributed by atoms with Gasteiger partial charge in [-0.2, -0.15) is 0 Å². The highest BCUT2D eigenvalue weighted by atomic mass is 16.4. The van der Waals surface area contributed by atoms with Gasteiger partial charge in [-0.25, -0.2) is 9.78 Å². The molecule has 5 nitrogen and oxygen atoms in total. The van der Waals surface area contributed by atoms with E-state index in [1.165, 1.54) is 0 Å². The summed E-state index contributed by atoms with van der Waals surface area (Å²) in [6.07, 6.45) is 3.33. The zero-order chi connectivity index (χ0) is 10.8. The van der Waals surface area contributed by atoms with Gasteiger partial charge >= 0.3 is 6.09 Å². The highest BCUT2D eigenvalue weighted by molar-refractivity contribution is 5.64. The molecule has 1 heterocycles. The van der Waals surface area contributed by atoms with E-state index in [0.717, 1.165) is 30.9 Å². The molecule has 0 aliphatic heterocycles. The second kappa shape index (κ2) is 3.92. The lowest BCUT2D eigenvalue weighted by molar-refractivity contribution is 0.190. The number of aromatic nitrogens is 1. The number of carboxylic acid groups (broad SMARTS) is 1. The fraction of sp³-hybridized carbons (Fsp3) is 0.600. The van der Waals surface area contributed by atoms with E-state index in [1.54, 1.807) is 6.20 Å². The van der Waals surface area contributed by atoms with Crippen LogP contribution in [0.1, 0.15) is 36.8 Å². The molecule has 1 unspecified atom stereocenters. The van der Waals surface area contributed by atoms with Gasteiger partial charge in [-0.1, -0.05) is 0 Å². The third kappa shape index (κ3) is 2.29. The van der Waals surface area contributed by atoms with Gasteiger partial charge in [0.25, 0.3) is 0 Å². The molecule has 2 N–H and O–H groups in total. The summed E-state index contributed by atoms with van der Waals surface area (Å²) in [5.41, 5.74) is 0. The minimum absolute atomic E-state index is 0.0414. The van der Waals surface area contributed by atoms with Crippen molar-refractivity contribution in [2.75, 3.05) is 0 Å². The van der Waals surface area contributed by atoms with E-state index >= 15 is 0 Å². The van der Waals surface area contributed by atoms with E-state index in [9.17, 15) is 4.79 Å². The van der Waals surface area contributed by atoms with E-state index < -0.39 is 6.09 Å². The van der Waals surface area contributed by atoms with E-state index in [4.69, 9.17) is 9.52 Å². The molecule has 82 valence electrons. The van der Waals surface area contributed by atoms with Crippen molar-refractivity contribution in [1.29, 1.82) is 0 Å². The van der Waals surface area contributed by atoms with Crippen LogP contribution in [-0.2, 0) is 0 Å². The van der Waals surface area contributed by atoms with Gasteiger partial charge in [0, 0.05) is 12.0 Å². The number of hydrogen-bond donors (Lipinski definition) is 2. The van der Waals surface area contributed by atoms with Crippen LogP contribution in [-0.4, -0.2) is 22.2 Å². The van der Waals surface area contributed by atoms with Crippen LogP contribution in [0.15, 0.2) is 10.6 Å². The lowest BCUT2D eigenvalue weighted by Crippen LogP contribution is -2.31. The number of oxazole rings is 1. The number of nitrogens with zero attached hydrogens (tertiary/aromatic N) is 1. The molecule has 1 aromatic heterocycles. The van der Waals surface area contributed by atoms with Crippen LogP contribution in [0.3, 0.4) is 0 Å². The molecule has 1 fully saturated rings. The third-order valence-electron chi connectivity index (χ3n) is 2.75. The Morgan fingerprint density at radius 2 is 2.47 bits per heavy atom. The first-order valence-electron chi connectivity index (χ1n) is 5.07. The monoisotopic (exact) mass is 210 g/mol. The summed E-state index contributed by atoms with van der Waals surface area (Å²) in [4.78, 5) is 14.6. The second-order valence-electron chi connectivity index (χ2n) is 3.97. The van der Waals surface area contributed by atoms with Gasteiger partial charge in [-0.05, 0) is 26.2 Å². The van der Waals surface area contributed by atoms with E-state index in [2.05, 4.69) is 10.3 Å². The maximum Gasteiger partial charge on any atom is 0.404 e. The van der Waals surface area contributed by atoms with E-state index in [0.29, 0.717) is 0 Å². The van der Waals surface area contributed by atoms with E-state index in [1.807, 2.05) is 6.92 Å². The number of carbonyl (C=O) groups is 1. The maximum atomic E-state index is 10.5. The van der Waals surface area contributed by atoms with E-state index in [-0.39, 0.29) is 12.0 Å². The van der Waals surface area contributed by atoms with Crippen LogP contribution in [0.25, 0.3) is 0 Å². The van der Waals surface area contributed by atoms with Crippen molar-refractivity contribution in [3.05, 3.63) is 17.8 Å². The van der Waals surface area contributed by atoms with Crippen LogP contribution >= 0.6 is 0 Å². The maximum absolute atomic E-state index is 10.5. The molecule has 1 amide bonds. The third-order valence-corrected chi connectivity index (χ3v) is 2.75. The Kier molecular flexibility index (Phi) is 2.62. The highest BCUT2D eigenvalue weighted by Gasteiger charge is 2.29. The standard InChI is InChI=1S/C10H14N2O3/c1-6-5-11-9(15-6)7-2-3-8(4-7)12-10(13)14/h5,7-8,12H,2-4H2,1H3,(H,13,14)/t7-,8?/m0/s1. The molecule has 0 radical (unpaired) electrons. The topological polar surface area (TPSA) is 75.4 Å². The fourth-order valence-electron chi connectivity index (χ4n) is 2.07. The SMILES string of the molecule is Cc1cnc([C@H]2CCC(NC(=O)O)C2)o1. The van der Waals surface area contributed by atoms with Gasteiger partial charge in [0.2, 0.25) is 0 Å². The summed E-state index contributed by atoms with van der Waals surface area (Å²) in [7, 11) is 0. The van der Waals surface area contributed by atoms with Crippen molar-refractivity contribution in [2.45, 2.75) is 38.1 Å². The van der Waals surface area contributed by atoms with Crippen LogP contribution in [0.2, 0.25) is 0 Å². The minimum Gasteiger partial charge on any atom is -0.465 e. The lowest BCUT2D eigenvalue weighted by atomic mass is 10.1. The summed E-state index contributed by atoms with van der Waals surface area (Å²) in [5, 5.41) is 11.1. The summed E-state index contributed by atoms with van der Waals surface area (Å²) >= 11 is 0. The van der Waals surface area contributed by atoms with Gasteiger partial charge in [0.15, 0.2) is 5.89 Å². The molecule has 0 bridgehead atoms. The first kappa shape index (κ1) is 10.0. The molecular formula is C10H14N2O3. The molecule has 0 saturated heterocycles. The fourth-order valence-corrected chi connectivity index (χ4v) is 2.07. The predicted octanol–water partition coefficient (Wildman–Crippen LogP) is 1.89. The van der Waals surface area contributed by atoms with Crippen LogP contribution in [0, 0.1) is 6.92 Å². The van der Waals surface area contributed by atoms with Crippen molar-refractivity contribution in [3.8, 4) is 0 Å². The van der Waals surface area contributed by atoms with Crippen molar-refractivity contribution in [1.82, 2.24) is 10.3 Å². The minimum atomic E-state index is -0.954. The number of amides is 1. The van der Waals surface area contributed by atoms with Crippen molar-refractivity contribution >= 4 is 6.09 Å². The van der Waals surface area contributed by atoms with Gasteiger partial charge in [0.1, 0.15) is 5.76 Å². The molecule has 1 aromatic rings. The summed E-state index contributed by atoms with van der Waals surface area (Å²) in [5.74, 6) is 1.80. The zero-order valence-corrected chi connectivity index (χ0v) is 8.56. The van der Waals surface area contributed by atoms with Gasteiger partial charge in [0.05, 0.1) is 6.20 Å². The average Bonchev–Trinajstić information content (AvgIpc) is 2.72. The Hall–Kier alpha value is -1.52. The second-order valence-corrected chi connectivity index (χ2v) is 3.97. The average molecular weight is 210 g/mol. The quantitative estimate of drug-likeness (QED) is 0.781.